The van der Waals surface area contributed by atoms with Gasteiger partial charge in [0.1, 0.15) is 5.75 Å². The molecule has 0 spiro atoms. The minimum absolute atomic E-state index is 0.136. The number of ether oxygens (including phenoxy) is 1. The molecule has 2 atom stereocenters. The zero-order valence-electron chi connectivity index (χ0n) is 13.0. The molecule has 1 aromatic carbocycles. The van der Waals surface area contributed by atoms with Gasteiger partial charge in [-0.1, -0.05) is 33.3 Å². The third-order valence-electron chi connectivity index (χ3n) is 5.76. The predicted molar refractivity (Wildman–Crippen MR) is 80.4 cm³/mol. The number of hydrogen-bond donors (Lipinski definition) is 0. The molecule has 0 heterocycles. The van der Waals surface area contributed by atoms with E-state index in [-0.39, 0.29) is 16.6 Å². The van der Waals surface area contributed by atoms with Gasteiger partial charge in [0.25, 0.3) is 0 Å². The molecule has 0 unspecified atom stereocenters. The molecule has 0 aromatic heterocycles. The van der Waals surface area contributed by atoms with Crippen LogP contribution in [0.25, 0.3) is 0 Å². The van der Waals surface area contributed by atoms with Gasteiger partial charge in [-0.3, -0.25) is 4.79 Å². The second-order valence-corrected chi connectivity index (χ2v) is 7.35. The molecular weight excluding hydrogens is 248 g/mol. The topological polar surface area (TPSA) is 26.3 Å². The third kappa shape index (κ3) is 1.81. The van der Waals surface area contributed by atoms with Crippen molar-refractivity contribution in [2.45, 2.75) is 51.9 Å². The van der Waals surface area contributed by atoms with Crippen molar-refractivity contribution in [2.24, 2.45) is 11.3 Å². The van der Waals surface area contributed by atoms with Crippen molar-refractivity contribution in [1.82, 2.24) is 0 Å². The van der Waals surface area contributed by atoms with Gasteiger partial charge in [-0.05, 0) is 47.3 Å². The SMILES string of the molecule is COc1ccc2c(c1)C(=O)C[C@H]1C(C)(C)CCC[C@]21C. The molecule has 0 amide bonds. The largest absolute Gasteiger partial charge is 0.497 e. The molecule has 2 nitrogen and oxygen atoms in total. The van der Waals surface area contributed by atoms with Crippen molar-refractivity contribution >= 4 is 5.78 Å². The lowest BCUT2D eigenvalue weighted by molar-refractivity contribution is 0.0368. The first-order chi connectivity index (χ1) is 9.38. The highest BCUT2D eigenvalue weighted by Gasteiger charge is 2.51. The Hall–Kier alpha value is -1.31. The molecule has 0 bridgehead atoms. The van der Waals surface area contributed by atoms with Gasteiger partial charge < -0.3 is 4.74 Å². The first kappa shape index (κ1) is 13.7. The number of methoxy groups -OCH3 is 1. The maximum absolute atomic E-state index is 12.6. The van der Waals surface area contributed by atoms with Crippen molar-refractivity contribution < 1.29 is 9.53 Å². The van der Waals surface area contributed by atoms with Crippen LogP contribution in [0.3, 0.4) is 0 Å². The first-order valence-corrected chi connectivity index (χ1v) is 7.60. The second-order valence-electron chi connectivity index (χ2n) is 7.35. The van der Waals surface area contributed by atoms with E-state index >= 15 is 0 Å². The van der Waals surface area contributed by atoms with Gasteiger partial charge >= 0.3 is 0 Å². The molecule has 108 valence electrons. The number of Topliss-reactive ketones (excluding diaryl/α,β-unsaturated/α-hetero) is 1. The van der Waals surface area contributed by atoms with Crippen molar-refractivity contribution in [3.63, 3.8) is 0 Å². The van der Waals surface area contributed by atoms with Crippen LogP contribution < -0.4 is 4.74 Å². The van der Waals surface area contributed by atoms with Crippen LogP contribution in [0.4, 0.5) is 0 Å². The summed E-state index contributed by atoms with van der Waals surface area (Å²) >= 11 is 0. The van der Waals surface area contributed by atoms with Crippen LogP contribution in [-0.2, 0) is 5.41 Å². The van der Waals surface area contributed by atoms with Gasteiger partial charge in [0, 0.05) is 12.0 Å². The summed E-state index contributed by atoms with van der Waals surface area (Å²) in [6.45, 7) is 7.02. The number of carbonyl (C=O) groups is 1. The standard InChI is InChI=1S/C18H24O2/c1-17(2)8-5-9-18(3)14-7-6-12(20-4)10-13(14)15(19)11-16(17)18/h6-7,10,16H,5,8-9,11H2,1-4H3/t16-,18+/m0/s1. The Balaban J connectivity index is 2.16. The van der Waals surface area contributed by atoms with Crippen molar-refractivity contribution in [3.8, 4) is 5.75 Å². The predicted octanol–water partition coefficient (Wildman–Crippen LogP) is 4.37. The fraction of sp³-hybridized carbons (Fsp3) is 0.611. The summed E-state index contributed by atoms with van der Waals surface area (Å²) in [5.41, 5.74) is 2.52. The molecule has 0 N–H and O–H groups in total. The molecule has 2 aliphatic carbocycles. The lowest BCUT2D eigenvalue weighted by Gasteiger charge is -2.53. The van der Waals surface area contributed by atoms with E-state index < -0.39 is 0 Å². The van der Waals surface area contributed by atoms with E-state index in [0.717, 1.165) is 11.3 Å². The molecule has 0 aliphatic heterocycles. The van der Waals surface area contributed by atoms with Gasteiger partial charge in [0.15, 0.2) is 5.78 Å². The minimum atomic E-state index is 0.136. The Morgan fingerprint density at radius 2 is 1.95 bits per heavy atom. The van der Waals surface area contributed by atoms with E-state index in [9.17, 15) is 4.79 Å². The molecule has 1 saturated carbocycles. The zero-order chi connectivity index (χ0) is 14.5. The molecule has 0 radical (unpaired) electrons. The smallest absolute Gasteiger partial charge is 0.163 e. The van der Waals surface area contributed by atoms with Crippen LogP contribution in [0.2, 0.25) is 0 Å². The van der Waals surface area contributed by atoms with Gasteiger partial charge in [-0.2, -0.15) is 0 Å². The molecule has 0 saturated heterocycles. The van der Waals surface area contributed by atoms with E-state index in [4.69, 9.17) is 4.74 Å². The Labute approximate surface area is 121 Å². The highest BCUT2D eigenvalue weighted by Crippen LogP contribution is 2.57. The van der Waals surface area contributed by atoms with Crippen molar-refractivity contribution in [1.29, 1.82) is 0 Å². The van der Waals surface area contributed by atoms with Gasteiger partial charge in [-0.25, -0.2) is 0 Å². The minimum Gasteiger partial charge on any atom is -0.497 e. The lowest BCUT2D eigenvalue weighted by atomic mass is 9.50. The Kier molecular flexibility index (Phi) is 2.97. The maximum Gasteiger partial charge on any atom is 0.163 e. The lowest BCUT2D eigenvalue weighted by Crippen LogP contribution is -2.49. The molecule has 20 heavy (non-hydrogen) atoms. The highest BCUT2D eigenvalue weighted by atomic mass is 16.5. The van der Waals surface area contributed by atoms with Crippen LogP contribution >= 0.6 is 0 Å². The van der Waals surface area contributed by atoms with Crippen molar-refractivity contribution in [3.05, 3.63) is 29.3 Å². The van der Waals surface area contributed by atoms with Crippen LogP contribution in [0.5, 0.6) is 5.75 Å². The van der Waals surface area contributed by atoms with E-state index in [0.29, 0.717) is 12.3 Å². The second kappa shape index (κ2) is 4.34. The number of carbonyl (C=O) groups excluding carboxylic acids is 1. The molecule has 1 aromatic rings. The molecular formula is C18H24O2. The molecule has 2 aliphatic rings. The number of fused-ring (bicyclic) bond motifs is 3. The Morgan fingerprint density at radius 1 is 1.20 bits per heavy atom. The average Bonchev–Trinajstić information content (AvgIpc) is 2.41. The summed E-state index contributed by atoms with van der Waals surface area (Å²) in [7, 11) is 1.66. The number of ketones is 1. The number of benzene rings is 1. The molecule has 1 fully saturated rings. The van der Waals surface area contributed by atoms with Crippen LogP contribution in [0.15, 0.2) is 18.2 Å². The van der Waals surface area contributed by atoms with Gasteiger partial charge in [0.05, 0.1) is 7.11 Å². The monoisotopic (exact) mass is 272 g/mol. The van der Waals surface area contributed by atoms with Crippen LogP contribution in [-0.4, -0.2) is 12.9 Å². The Morgan fingerprint density at radius 3 is 2.65 bits per heavy atom. The first-order valence-electron chi connectivity index (χ1n) is 7.60. The highest BCUT2D eigenvalue weighted by molar-refractivity contribution is 6.00. The number of hydrogen-bond acceptors (Lipinski definition) is 2. The van der Waals surface area contributed by atoms with E-state index in [1.54, 1.807) is 7.11 Å². The van der Waals surface area contributed by atoms with Gasteiger partial charge in [-0.15, -0.1) is 0 Å². The summed E-state index contributed by atoms with van der Waals surface area (Å²) in [5.74, 6) is 1.53. The number of rotatable bonds is 1. The van der Waals surface area contributed by atoms with E-state index in [1.807, 2.05) is 12.1 Å². The summed E-state index contributed by atoms with van der Waals surface area (Å²) in [5, 5.41) is 0. The fourth-order valence-corrected chi connectivity index (χ4v) is 4.62. The fourth-order valence-electron chi connectivity index (χ4n) is 4.62. The quantitative estimate of drug-likeness (QED) is 0.759. The maximum atomic E-state index is 12.6. The summed E-state index contributed by atoms with van der Waals surface area (Å²) in [6.07, 6.45) is 4.35. The summed E-state index contributed by atoms with van der Waals surface area (Å²) in [4.78, 5) is 12.6. The molecule has 2 heteroatoms. The molecule has 3 rings (SSSR count). The Bertz CT molecular complexity index is 559. The van der Waals surface area contributed by atoms with Crippen LogP contribution in [0.1, 0.15) is 62.4 Å². The summed E-state index contributed by atoms with van der Waals surface area (Å²) < 4.78 is 5.29. The summed E-state index contributed by atoms with van der Waals surface area (Å²) in [6, 6.07) is 6.06. The normalized spacial score (nSPS) is 31.4. The van der Waals surface area contributed by atoms with E-state index in [2.05, 4.69) is 26.8 Å². The average molecular weight is 272 g/mol. The van der Waals surface area contributed by atoms with E-state index in [1.165, 1.54) is 24.8 Å². The zero-order valence-corrected chi connectivity index (χ0v) is 13.0. The van der Waals surface area contributed by atoms with Crippen LogP contribution in [0, 0.1) is 11.3 Å². The third-order valence-corrected chi connectivity index (χ3v) is 5.76. The van der Waals surface area contributed by atoms with Gasteiger partial charge in [0.2, 0.25) is 0 Å². The van der Waals surface area contributed by atoms with Crippen molar-refractivity contribution in [2.75, 3.05) is 7.11 Å².